The molecule has 10 heteroatoms. The average Bonchev–Trinajstić information content (AvgIpc) is 2.60. The Balaban J connectivity index is 4.40. The van der Waals surface area contributed by atoms with E-state index in [1.807, 2.05) is 13.2 Å². The van der Waals surface area contributed by atoms with E-state index >= 15 is 0 Å². The molecule has 0 radical (unpaired) electrons. The zero-order chi connectivity index (χ0) is 20.3. The normalized spacial score (nSPS) is 15.3. The van der Waals surface area contributed by atoms with Crippen molar-refractivity contribution >= 4 is 35.5 Å². The first kappa shape index (κ1) is 24.2. The fraction of sp³-hybridized carbons (Fsp3) is 0.750. The zero-order valence-electron chi connectivity index (χ0n) is 15.7. The van der Waals surface area contributed by atoms with Crippen molar-refractivity contribution in [1.82, 2.24) is 16.0 Å². The molecule has 26 heavy (non-hydrogen) atoms. The number of nitrogens with one attached hydrogen (secondary N) is 3. The monoisotopic (exact) mass is 390 g/mol. The molecule has 0 aliphatic heterocycles. The maximum Gasteiger partial charge on any atom is 0.326 e. The molecule has 4 unspecified atom stereocenters. The number of nitrogens with two attached hydrogens (primary N) is 1. The van der Waals surface area contributed by atoms with Gasteiger partial charge in [-0.3, -0.25) is 14.4 Å². The third kappa shape index (κ3) is 9.04. The van der Waals surface area contributed by atoms with E-state index in [0.717, 1.165) is 5.75 Å². The van der Waals surface area contributed by atoms with Crippen molar-refractivity contribution in [3.8, 4) is 0 Å². The Hall–Kier alpha value is -1.81. The number of rotatable bonds is 12. The number of hydrogen-bond donors (Lipinski definition) is 5. The lowest BCUT2D eigenvalue weighted by Gasteiger charge is -2.21. The molecule has 150 valence electrons. The van der Waals surface area contributed by atoms with Crippen LogP contribution < -0.4 is 21.7 Å². The summed E-state index contributed by atoms with van der Waals surface area (Å²) in [7, 11) is 0. The maximum absolute atomic E-state index is 12.0. The minimum absolute atomic E-state index is 0.242. The number of carbonyl (C=O) groups excluding carboxylic acids is 3. The highest BCUT2D eigenvalue weighted by atomic mass is 32.2. The zero-order valence-corrected chi connectivity index (χ0v) is 16.5. The number of carboxylic acids is 1. The van der Waals surface area contributed by atoms with E-state index in [1.165, 1.54) is 6.92 Å². The minimum Gasteiger partial charge on any atom is -0.480 e. The first-order valence-corrected chi connectivity index (χ1v) is 9.88. The van der Waals surface area contributed by atoms with Gasteiger partial charge in [0.25, 0.3) is 0 Å². The van der Waals surface area contributed by atoms with Gasteiger partial charge in [0.05, 0.1) is 12.6 Å². The first-order chi connectivity index (χ1) is 12.1. The van der Waals surface area contributed by atoms with Crippen LogP contribution in [0.2, 0.25) is 0 Å². The van der Waals surface area contributed by atoms with Crippen LogP contribution in [0.1, 0.15) is 33.6 Å². The Morgan fingerprint density at radius 1 is 1.12 bits per heavy atom. The van der Waals surface area contributed by atoms with Gasteiger partial charge in [-0.25, -0.2) is 4.79 Å². The smallest absolute Gasteiger partial charge is 0.326 e. The summed E-state index contributed by atoms with van der Waals surface area (Å²) >= 11 is 1.57. The molecule has 0 aliphatic carbocycles. The van der Waals surface area contributed by atoms with Crippen molar-refractivity contribution in [3.63, 3.8) is 0 Å². The summed E-state index contributed by atoms with van der Waals surface area (Å²) in [6.45, 7) is 4.64. The molecule has 9 nitrogen and oxygen atoms in total. The van der Waals surface area contributed by atoms with Crippen molar-refractivity contribution in [1.29, 1.82) is 0 Å². The second kappa shape index (κ2) is 12.5. The predicted octanol–water partition coefficient (Wildman–Crippen LogP) is -0.697. The molecule has 0 aromatic rings. The van der Waals surface area contributed by atoms with Crippen LogP contribution in [-0.2, 0) is 19.2 Å². The van der Waals surface area contributed by atoms with Crippen LogP contribution in [0.3, 0.4) is 0 Å². The minimum atomic E-state index is -1.13. The molecule has 0 aromatic carbocycles. The Kier molecular flexibility index (Phi) is 11.7. The lowest BCUT2D eigenvalue weighted by Crippen LogP contribution is -2.53. The van der Waals surface area contributed by atoms with Gasteiger partial charge in [0.2, 0.25) is 17.7 Å². The second-order valence-electron chi connectivity index (χ2n) is 6.11. The summed E-state index contributed by atoms with van der Waals surface area (Å²) in [6, 6.07) is -2.58. The molecule has 0 rings (SSSR count). The molecule has 3 amide bonds. The van der Waals surface area contributed by atoms with E-state index in [9.17, 15) is 19.2 Å². The molecular weight excluding hydrogens is 360 g/mol. The number of thioether (sulfide) groups is 1. The average molecular weight is 391 g/mol. The highest BCUT2D eigenvalue weighted by molar-refractivity contribution is 7.98. The third-order valence-corrected chi connectivity index (χ3v) is 4.58. The SMILES string of the molecule is CCC(C)C(NC(=O)CNC(=O)C(C)NC(=O)C(N)CCSC)C(=O)O. The van der Waals surface area contributed by atoms with Crippen LogP contribution >= 0.6 is 11.8 Å². The summed E-state index contributed by atoms with van der Waals surface area (Å²) in [4.78, 5) is 46.9. The fourth-order valence-electron chi connectivity index (χ4n) is 1.99. The van der Waals surface area contributed by atoms with E-state index in [1.54, 1.807) is 18.7 Å². The van der Waals surface area contributed by atoms with Crippen LogP contribution in [0.25, 0.3) is 0 Å². The van der Waals surface area contributed by atoms with Crippen molar-refractivity contribution in [2.75, 3.05) is 18.6 Å². The summed E-state index contributed by atoms with van der Waals surface area (Å²) in [6.07, 6.45) is 2.99. The summed E-state index contributed by atoms with van der Waals surface area (Å²) < 4.78 is 0. The van der Waals surface area contributed by atoms with E-state index in [-0.39, 0.29) is 12.5 Å². The van der Waals surface area contributed by atoms with Gasteiger partial charge >= 0.3 is 5.97 Å². The number of carboxylic acid groups (broad SMARTS) is 1. The Bertz CT molecular complexity index is 503. The number of hydrogen-bond acceptors (Lipinski definition) is 6. The standard InChI is InChI=1S/C16H30N4O5S/c1-5-9(2)13(16(24)25)20-12(21)8-18-14(22)10(3)19-15(23)11(17)6-7-26-4/h9-11,13H,5-8,17H2,1-4H3,(H,18,22)(H,19,23)(H,20,21)(H,24,25). The molecule has 6 N–H and O–H groups in total. The van der Waals surface area contributed by atoms with Crippen molar-refractivity contribution in [3.05, 3.63) is 0 Å². The summed E-state index contributed by atoms with van der Waals surface area (Å²) in [5.41, 5.74) is 5.72. The van der Waals surface area contributed by atoms with Gasteiger partial charge < -0.3 is 26.8 Å². The molecule has 4 atom stereocenters. The summed E-state index contributed by atoms with van der Waals surface area (Å²) in [5.74, 6) is -2.24. The molecule has 0 saturated carbocycles. The maximum atomic E-state index is 12.0. The predicted molar refractivity (Wildman–Crippen MR) is 101 cm³/mol. The number of aliphatic carboxylic acids is 1. The van der Waals surface area contributed by atoms with Crippen LogP contribution in [0.5, 0.6) is 0 Å². The van der Waals surface area contributed by atoms with Crippen molar-refractivity contribution in [2.45, 2.75) is 51.7 Å². The van der Waals surface area contributed by atoms with Crippen molar-refractivity contribution in [2.24, 2.45) is 11.7 Å². The Morgan fingerprint density at radius 3 is 2.23 bits per heavy atom. The van der Waals surface area contributed by atoms with E-state index in [4.69, 9.17) is 10.8 Å². The van der Waals surface area contributed by atoms with Gasteiger partial charge in [-0.05, 0) is 31.3 Å². The molecule has 0 aromatic heterocycles. The Morgan fingerprint density at radius 2 is 1.73 bits per heavy atom. The second-order valence-corrected chi connectivity index (χ2v) is 7.09. The van der Waals surface area contributed by atoms with E-state index in [0.29, 0.717) is 12.8 Å². The van der Waals surface area contributed by atoms with E-state index in [2.05, 4.69) is 16.0 Å². The summed E-state index contributed by atoms with van der Waals surface area (Å²) in [5, 5.41) is 16.4. The molecule has 0 bridgehead atoms. The van der Waals surface area contributed by atoms with Crippen LogP contribution in [-0.4, -0.2) is 65.5 Å². The lowest BCUT2D eigenvalue weighted by molar-refractivity contribution is -0.143. The topological polar surface area (TPSA) is 151 Å². The first-order valence-electron chi connectivity index (χ1n) is 8.48. The van der Waals surface area contributed by atoms with Gasteiger partial charge in [-0.2, -0.15) is 11.8 Å². The van der Waals surface area contributed by atoms with Gasteiger partial charge in [0, 0.05) is 0 Å². The highest BCUT2D eigenvalue weighted by Crippen LogP contribution is 2.07. The highest BCUT2D eigenvalue weighted by Gasteiger charge is 2.26. The molecule has 0 spiro atoms. The lowest BCUT2D eigenvalue weighted by atomic mass is 9.99. The van der Waals surface area contributed by atoms with Crippen LogP contribution in [0, 0.1) is 5.92 Å². The molecule has 0 fully saturated rings. The number of carbonyl (C=O) groups is 4. The fourth-order valence-corrected chi connectivity index (χ4v) is 2.48. The van der Waals surface area contributed by atoms with Crippen LogP contribution in [0.15, 0.2) is 0 Å². The molecule has 0 aliphatic rings. The van der Waals surface area contributed by atoms with E-state index < -0.39 is 41.8 Å². The van der Waals surface area contributed by atoms with Gasteiger partial charge in [0.15, 0.2) is 0 Å². The van der Waals surface area contributed by atoms with Gasteiger partial charge in [0.1, 0.15) is 12.1 Å². The molecular formula is C16H30N4O5S. The Labute approximate surface area is 158 Å². The molecule has 0 heterocycles. The molecule has 0 saturated heterocycles. The van der Waals surface area contributed by atoms with Gasteiger partial charge in [-0.1, -0.05) is 20.3 Å². The quantitative estimate of drug-likeness (QED) is 0.296. The van der Waals surface area contributed by atoms with Gasteiger partial charge in [-0.15, -0.1) is 0 Å². The van der Waals surface area contributed by atoms with Crippen LogP contribution in [0.4, 0.5) is 0 Å². The number of amides is 3. The van der Waals surface area contributed by atoms with Crippen molar-refractivity contribution < 1.29 is 24.3 Å². The third-order valence-electron chi connectivity index (χ3n) is 3.94. The largest absolute Gasteiger partial charge is 0.480 e.